The average Bonchev–Trinajstić information content (AvgIpc) is 3.33. The maximum absolute atomic E-state index is 12.5. The van der Waals surface area contributed by atoms with E-state index in [1.165, 1.54) is 5.56 Å². The van der Waals surface area contributed by atoms with E-state index in [9.17, 15) is 14.7 Å². The monoisotopic (exact) mass is 303 g/mol. The number of amides is 1. The summed E-state index contributed by atoms with van der Waals surface area (Å²) < 4.78 is 5.63. The zero-order valence-electron chi connectivity index (χ0n) is 12.8. The highest BCUT2D eigenvalue weighted by Gasteiger charge is 2.58. The number of carbonyl (C=O) groups is 2. The molecule has 0 atom stereocenters. The number of carbonyl (C=O) groups excluding carboxylic acids is 1. The predicted octanol–water partition coefficient (Wildman–Crippen LogP) is 2.22. The lowest BCUT2D eigenvalue weighted by Gasteiger charge is -2.31. The van der Waals surface area contributed by atoms with Crippen LogP contribution in [0.25, 0.3) is 0 Å². The van der Waals surface area contributed by atoms with Gasteiger partial charge >= 0.3 is 5.97 Å². The first-order valence-corrected chi connectivity index (χ1v) is 7.84. The minimum atomic E-state index is -1.14. The van der Waals surface area contributed by atoms with Gasteiger partial charge in [0.15, 0.2) is 0 Å². The Kier molecular flexibility index (Phi) is 3.81. The van der Waals surface area contributed by atoms with Crippen LogP contribution in [0.15, 0.2) is 18.2 Å². The summed E-state index contributed by atoms with van der Waals surface area (Å²) in [6.45, 7) is 3.85. The largest absolute Gasteiger partial charge is 0.494 e. The molecule has 1 saturated carbocycles. The molecule has 0 radical (unpaired) electrons. The summed E-state index contributed by atoms with van der Waals surface area (Å²) in [6.07, 6.45) is 2.65. The van der Waals surface area contributed by atoms with E-state index in [0.717, 1.165) is 24.2 Å². The lowest BCUT2D eigenvalue weighted by Crippen LogP contribution is -2.43. The van der Waals surface area contributed by atoms with Gasteiger partial charge in [0.2, 0.25) is 5.91 Å². The van der Waals surface area contributed by atoms with Crippen LogP contribution in [-0.4, -0.2) is 35.0 Å². The molecule has 5 heteroatoms. The third-order valence-corrected chi connectivity index (χ3v) is 4.52. The Labute approximate surface area is 129 Å². The molecule has 1 N–H and O–H groups in total. The molecule has 0 unspecified atom stereocenters. The summed E-state index contributed by atoms with van der Waals surface area (Å²) in [5, 5.41) is 9.25. The van der Waals surface area contributed by atoms with E-state index in [1.54, 1.807) is 4.90 Å². The van der Waals surface area contributed by atoms with Gasteiger partial charge in [-0.25, -0.2) is 0 Å². The maximum atomic E-state index is 12.5. The molecule has 0 spiro atoms. The Morgan fingerprint density at radius 1 is 1.32 bits per heavy atom. The number of benzene rings is 1. The summed E-state index contributed by atoms with van der Waals surface area (Å²) in [4.78, 5) is 25.4. The smallest absolute Gasteiger partial charge is 0.319 e. The molecule has 22 heavy (non-hydrogen) atoms. The van der Waals surface area contributed by atoms with Crippen molar-refractivity contribution in [3.63, 3.8) is 0 Å². The number of carboxylic acids is 1. The summed E-state index contributed by atoms with van der Waals surface area (Å²) >= 11 is 0. The fraction of sp³-hybridized carbons (Fsp3) is 0.529. The third-order valence-electron chi connectivity index (χ3n) is 4.52. The van der Waals surface area contributed by atoms with Gasteiger partial charge in [0, 0.05) is 13.1 Å². The van der Waals surface area contributed by atoms with Crippen molar-refractivity contribution in [3.05, 3.63) is 29.3 Å². The summed E-state index contributed by atoms with van der Waals surface area (Å²) in [5.74, 6) is -0.340. The van der Waals surface area contributed by atoms with Crippen molar-refractivity contribution < 1.29 is 19.4 Å². The molecule has 1 aliphatic carbocycles. The van der Waals surface area contributed by atoms with E-state index < -0.39 is 11.4 Å². The maximum Gasteiger partial charge on any atom is 0.319 e. The van der Waals surface area contributed by atoms with E-state index in [1.807, 2.05) is 18.2 Å². The number of hydrogen-bond acceptors (Lipinski definition) is 3. The number of ether oxygens (including phenoxy) is 1. The molecule has 0 saturated heterocycles. The molecular weight excluding hydrogens is 282 g/mol. The van der Waals surface area contributed by atoms with Gasteiger partial charge < -0.3 is 14.7 Å². The quantitative estimate of drug-likeness (QED) is 0.847. The van der Waals surface area contributed by atoms with Crippen LogP contribution in [0.4, 0.5) is 0 Å². The van der Waals surface area contributed by atoms with Crippen molar-refractivity contribution in [3.8, 4) is 5.75 Å². The zero-order valence-corrected chi connectivity index (χ0v) is 12.8. The number of hydrogen-bond donors (Lipinski definition) is 1. The molecule has 2 aliphatic rings. The first kappa shape index (κ1) is 14.9. The van der Waals surface area contributed by atoms with E-state index >= 15 is 0 Å². The molecule has 1 fully saturated rings. The van der Waals surface area contributed by atoms with Crippen LogP contribution >= 0.6 is 0 Å². The second-order valence-electron chi connectivity index (χ2n) is 6.14. The third kappa shape index (κ3) is 2.56. The molecule has 1 amide bonds. The highest BCUT2D eigenvalue weighted by atomic mass is 16.5. The van der Waals surface area contributed by atoms with Gasteiger partial charge in [-0.05, 0) is 48.9 Å². The molecule has 1 aromatic rings. The van der Waals surface area contributed by atoms with Gasteiger partial charge in [-0.3, -0.25) is 9.59 Å². The molecular formula is C17H21NO4. The molecule has 3 rings (SSSR count). The van der Waals surface area contributed by atoms with Crippen LogP contribution in [0, 0.1) is 5.41 Å². The Hall–Kier alpha value is -2.04. The average molecular weight is 303 g/mol. The van der Waals surface area contributed by atoms with E-state index in [2.05, 4.69) is 6.92 Å². The van der Waals surface area contributed by atoms with Gasteiger partial charge in [-0.2, -0.15) is 0 Å². The Balaban J connectivity index is 1.72. The molecule has 1 aliphatic heterocycles. The van der Waals surface area contributed by atoms with Crippen LogP contribution < -0.4 is 4.74 Å². The summed E-state index contributed by atoms with van der Waals surface area (Å²) in [7, 11) is 0. The van der Waals surface area contributed by atoms with E-state index in [-0.39, 0.29) is 5.91 Å². The van der Waals surface area contributed by atoms with Gasteiger partial charge in [0.25, 0.3) is 0 Å². The van der Waals surface area contributed by atoms with Crippen molar-refractivity contribution in [1.29, 1.82) is 0 Å². The van der Waals surface area contributed by atoms with Crippen molar-refractivity contribution in [2.75, 3.05) is 13.2 Å². The Morgan fingerprint density at radius 3 is 2.73 bits per heavy atom. The fourth-order valence-electron chi connectivity index (χ4n) is 2.96. The first-order valence-electron chi connectivity index (χ1n) is 7.84. The highest BCUT2D eigenvalue weighted by molar-refractivity contribution is 6.04. The van der Waals surface area contributed by atoms with Gasteiger partial charge in [0.05, 0.1) is 6.61 Å². The normalized spacial score (nSPS) is 18.5. The lowest BCUT2D eigenvalue weighted by atomic mass is 9.97. The molecule has 1 aromatic carbocycles. The number of aliphatic carboxylic acids is 1. The second-order valence-corrected chi connectivity index (χ2v) is 6.14. The minimum Gasteiger partial charge on any atom is -0.494 e. The van der Waals surface area contributed by atoms with Crippen LogP contribution in [0.5, 0.6) is 5.75 Å². The topological polar surface area (TPSA) is 66.8 Å². The van der Waals surface area contributed by atoms with Crippen LogP contribution in [0.3, 0.4) is 0 Å². The zero-order chi connectivity index (χ0) is 15.7. The standard InChI is InChI=1S/C17H21NO4/c1-2-9-22-14-4-3-13-11-18(8-5-12(13)10-14)15(19)17(6-7-17)16(20)21/h3-4,10H,2,5-9,11H2,1H3,(H,20,21). The van der Waals surface area contributed by atoms with Crippen LogP contribution in [0.1, 0.15) is 37.3 Å². The van der Waals surface area contributed by atoms with E-state index in [0.29, 0.717) is 32.5 Å². The SMILES string of the molecule is CCCOc1ccc2c(c1)CCN(C(=O)C1(C(=O)O)CC1)C2. The predicted molar refractivity (Wildman–Crippen MR) is 80.7 cm³/mol. The van der Waals surface area contributed by atoms with Crippen molar-refractivity contribution in [2.45, 2.75) is 39.2 Å². The molecule has 0 bridgehead atoms. The fourth-order valence-corrected chi connectivity index (χ4v) is 2.96. The minimum absolute atomic E-state index is 0.225. The van der Waals surface area contributed by atoms with Crippen molar-refractivity contribution >= 4 is 11.9 Å². The second kappa shape index (κ2) is 5.63. The summed E-state index contributed by atoms with van der Waals surface area (Å²) in [6, 6.07) is 5.95. The van der Waals surface area contributed by atoms with E-state index in [4.69, 9.17) is 4.74 Å². The first-order chi connectivity index (χ1) is 10.6. The molecule has 5 nitrogen and oxygen atoms in total. The van der Waals surface area contributed by atoms with Gasteiger partial charge in [-0.15, -0.1) is 0 Å². The van der Waals surface area contributed by atoms with Crippen molar-refractivity contribution in [1.82, 2.24) is 4.90 Å². The molecule has 0 aromatic heterocycles. The molecule has 1 heterocycles. The number of fused-ring (bicyclic) bond motifs is 1. The summed E-state index contributed by atoms with van der Waals surface area (Å²) in [5.41, 5.74) is 1.14. The number of rotatable bonds is 5. The Morgan fingerprint density at radius 2 is 2.09 bits per heavy atom. The number of carboxylic acid groups (broad SMARTS) is 1. The molecule has 118 valence electrons. The highest BCUT2D eigenvalue weighted by Crippen LogP contribution is 2.48. The number of nitrogens with zero attached hydrogens (tertiary/aromatic N) is 1. The Bertz CT molecular complexity index is 607. The van der Waals surface area contributed by atoms with Gasteiger partial charge in [0.1, 0.15) is 11.2 Å². The lowest BCUT2D eigenvalue weighted by molar-refractivity contribution is -0.153. The van der Waals surface area contributed by atoms with Crippen LogP contribution in [-0.2, 0) is 22.6 Å². The van der Waals surface area contributed by atoms with Crippen molar-refractivity contribution in [2.24, 2.45) is 5.41 Å². The van der Waals surface area contributed by atoms with Crippen LogP contribution in [0.2, 0.25) is 0 Å². The van der Waals surface area contributed by atoms with Gasteiger partial charge in [-0.1, -0.05) is 13.0 Å².